The number of hydrogen-bond donors (Lipinski definition) is 0. The summed E-state index contributed by atoms with van der Waals surface area (Å²) in [5.41, 5.74) is 6.34. The summed E-state index contributed by atoms with van der Waals surface area (Å²) < 4.78 is 46.6. The highest BCUT2D eigenvalue weighted by Gasteiger charge is 2.21. The molecule has 0 aliphatic heterocycles. The zero-order valence-corrected chi connectivity index (χ0v) is 31.6. The second-order valence-corrected chi connectivity index (χ2v) is 15.5. The lowest BCUT2D eigenvalue weighted by molar-refractivity contribution is 1.08. The number of hydrogen-bond acceptors (Lipinski definition) is 4. The normalized spacial score (nSPS) is 13.0. The molecule has 12 aromatic rings. The Kier molecular flexibility index (Phi) is 6.30. The van der Waals surface area contributed by atoms with Crippen LogP contribution in [0.4, 0.5) is 0 Å². The van der Waals surface area contributed by atoms with Crippen molar-refractivity contribution in [3.8, 4) is 51.0 Å². The average Bonchev–Trinajstić information content (AvgIpc) is 3.88. The molecule has 0 amide bonds. The van der Waals surface area contributed by atoms with Gasteiger partial charge in [-0.1, -0.05) is 158 Å². The van der Waals surface area contributed by atoms with E-state index in [1.54, 1.807) is 11.3 Å². The molecule has 0 unspecified atom stereocenters. The summed E-state index contributed by atoms with van der Waals surface area (Å²) in [6.45, 7) is 0. The van der Waals surface area contributed by atoms with E-state index < -0.39 is 6.04 Å². The Balaban J connectivity index is 1.15. The van der Waals surface area contributed by atoms with Crippen molar-refractivity contribution >= 4 is 74.9 Å². The van der Waals surface area contributed by atoms with Crippen LogP contribution < -0.4 is 0 Å². The molecule has 0 fully saturated rings. The molecule has 0 spiro atoms. The Bertz CT molecular complexity index is 3800. The Labute approximate surface area is 345 Å². The molecule has 12 rings (SSSR count). The maximum atomic E-state index is 8.74. The van der Waals surface area contributed by atoms with Crippen molar-refractivity contribution in [3.63, 3.8) is 0 Å². The highest BCUT2D eigenvalue weighted by Crippen LogP contribution is 2.44. The predicted molar refractivity (Wildman–Crippen MR) is 244 cm³/mol. The molecule has 0 saturated heterocycles. The molecule has 58 heavy (non-hydrogen) atoms. The molecular formula is C53H32N4S. The minimum absolute atomic E-state index is 0.171. The number of benzene rings is 9. The first-order valence-electron chi connectivity index (χ1n) is 21.6. The van der Waals surface area contributed by atoms with E-state index in [1.165, 1.54) is 10.8 Å². The fourth-order valence-electron chi connectivity index (χ4n) is 8.40. The minimum atomic E-state index is -0.414. The zero-order valence-electron chi connectivity index (χ0n) is 35.8. The van der Waals surface area contributed by atoms with Crippen LogP contribution in [0.2, 0.25) is 0 Å². The maximum absolute atomic E-state index is 8.74. The molecule has 0 aliphatic rings. The van der Waals surface area contributed by atoms with Crippen molar-refractivity contribution in [2.75, 3.05) is 0 Å². The topological polar surface area (TPSA) is 43.6 Å². The van der Waals surface area contributed by atoms with E-state index in [4.69, 9.17) is 21.8 Å². The first kappa shape index (κ1) is 28.0. The van der Waals surface area contributed by atoms with Crippen LogP contribution in [-0.4, -0.2) is 19.5 Å². The van der Waals surface area contributed by atoms with Crippen LogP contribution in [0.15, 0.2) is 194 Å². The van der Waals surface area contributed by atoms with Crippen LogP contribution in [0.25, 0.3) is 115 Å². The van der Waals surface area contributed by atoms with Gasteiger partial charge in [0.15, 0.2) is 17.5 Å². The third-order valence-corrected chi connectivity index (χ3v) is 12.3. The van der Waals surface area contributed by atoms with E-state index in [2.05, 4.69) is 120 Å². The minimum Gasteiger partial charge on any atom is -0.309 e. The number of aromatic nitrogens is 4. The Morgan fingerprint density at radius 3 is 1.83 bits per heavy atom. The monoisotopic (exact) mass is 761 g/mol. The Hall–Kier alpha value is -7.47. The number of rotatable bonds is 5. The highest BCUT2D eigenvalue weighted by molar-refractivity contribution is 7.26. The standard InChI is InChI=1S/C53H32N4S/c1-3-13-33(14-4-1)36-25-28-44-45-31-39(57-47-21-11-9-19-42(47)43-20-10-12-22-48(43)57)32-46(50(45)58-49(44)30-36)53-55-51(35-16-5-2-6-17-35)54-52(56-53)38-26-27-41-37(29-38)24-23-34-15-7-8-18-40(34)41/h1-32H/i1D,3D,4D,13D,14D. The van der Waals surface area contributed by atoms with E-state index in [-0.39, 0.29) is 29.7 Å². The lowest BCUT2D eigenvalue weighted by Crippen LogP contribution is -2.01. The molecular weight excluding hydrogens is 725 g/mol. The van der Waals surface area contributed by atoms with Crippen molar-refractivity contribution in [2.24, 2.45) is 0 Å². The van der Waals surface area contributed by atoms with Gasteiger partial charge in [-0.05, 0) is 69.1 Å². The summed E-state index contributed by atoms with van der Waals surface area (Å²) in [5, 5.41) is 8.85. The van der Waals surface area contributed by atoms with Crippen molar-refractivity contribution in [3.05, 3.63) is 194 Å². The van der Waals surface area contributed by atoms with Gasteiger partial charge in [-0.3, -0.25) is 0 Å². The molecule has 3 aromatic heterocycles. The molecule has 4 nitrogen and oxygen atoms in total. The summed E-state index contributed by atoms with van der Waals surface area (Å²) in [6, 6.07) is 54.5. The zero-order chi connectivity index (χ0) is 42.5. The quantitative estimate of drug-likeness (QED) is 0.164. The van der Waals surface area contributed by atoms with Gasteiger partial charge in [0.2, 0.25) is 0 Å². The third-order valence-electron chi connectivity index (χ3n) is 11.1. The third kappa shape index (κ3) is 5.25. The molecule has 0 radical (unpaired) electrons. The van der Waals surface area contributed by atoms with Gasteiger partial charge in [0.05, 0.1) is 17.9 Å². The van der Waals surface area contributed by atoms with E-state index in [0.717, 1.165) is 75.1 Å². The second-order valence-electron chi connectivity index (χ2n) is 14.4. The van der Waals surface area contributed by atoms with E-state index in [0.29, 0.717) is 23.0 Å². The predicted octanol–water partition coefficient (Wildman–Crippen LogP) is 14.3. The molecule has 0 aliphatic carbocycles. The van der Waals surface area contributed by atoms with Crippen LogP contribution in [0.3, 0.4) is 0 Å². The summed E-state index contributed by atoms with van der Waals surface area (Å²) >= 11 is 1.57. The van der Waals surface area contributed by atoms with E-state index in [1.807, 2.05) is 48.5 Å². The highest BCUT2D eigenvalue weighted by atomic mass is 32.1. The van der Waals surface area contributed by atoms with E-state index in [9.17, 15) is 0 Å². The molecule has 0 atom stereocenters. The van der Waals surface area contributed by atoms with Crippen molar-refractivity contribution in [2.45, 2.75) is 0 Å². The fourth-order valence-corrected chi connectivity index (χ4v) is 9.64. The van der Waals surface area contributed by atoms with Crippen LogP contribution >= 0.6 is 11.3 Å². The Morgan fingerprint density at radius 2 is 1.03 bits per heavy atom. The summed E-state index contributed by atoms with van der Waals surface area (Å²) in [4.78, 5) is 15.7. The second kappa shape index (κ2) is 13.1. The largest absolute Gasteiger partial charge is 0.309 e. The van der Waals surface area contributed by atoms with Gasteiger partial charge in [-0.15, -0.1) is 11.3 Å². The first-order chi connectivity index (χ1) is 30.8. The lowest BCUT2D eigenvalue weighted by atomic mass is 10.00. The molecule has 0 N–H and O–H groups in total. The maximum Gasteiger partial charge on any atom is 0.165 e. The number of para-hydroxylation sites is 2. The number of thiophene rings is 1. The first-order valence-corrected chi connectivity index (χ1v) is 19.9. The van der Waals surface area contributed by atoms with Crippen LogP contribution in [-0.2, 0) is 0 Å². The van der Waals surface area contributed by atoms with Crippen molar-refractivity contribution in [1.29, 1.82) is 0 Å². The molecule has 270 valence electrons. The summed E-state index contributed by atoms with van der Waals surface area (Å²) in [7, 11) is 0. The van der Waals surface area contributed by atoms with Crippen LogP contribution in [0, 0.1) is 0 Å². The SMILES string of the molecule is [2H]c1c([2H])c([2H])c(-c2ccc3c(c2)sc2c(-c4nc(-c5ccccc5)nc(-c5ccc6c(ccc7ccccc76)c5)n4)cc(-n4c5ccccc5c5ccccc54)cc23)c([2H])c1[2H]. The van der Waals surface area contributed by atoms with Gasteiger partial charge in [0, 0.05) is 53.3 Å². The average molecular weight is 762 g/mol. The Morgan fingerprint density at radius 1 is 0.414 bits per heavy atom. The van der Waals surface area contributed by atoms with Gasteiger partial charge < -0.3 is 4.57 Å². The van der Waals surface area contributed by atoms with Crippen molar-refractivity contribution in [1.82, 2.24) is 19.5 Å². The molecule has 3 heterocycles. The van der Waals surface area contributed by atoms with Gasteiger partial charge in [0.25, 0.3) is 0 Å². The molecule has 0 saturated carbocycles. The van der Waals surface area contributed by atoms with E-state index >= 15 is 0 Å². The number of nitrogens with zero attached hydrogens (tertiary/aromatic N) is 4. The fraction of sp³-hybridized carbons (Fsp3) is 0. The number of fused-ring (bicyclic) bond motifs is 9. The smallest absolute Gasteiger partial charge is 0.165 e. The van der Waals surface area contributed by atoms with Crippen LogP contribution in [0.5, 0.6) is 0 Å². The van der Waals surface area contributed by atoms with Gasteiger partial charge >= 0.3 is 0 Å². The van der Waals surface area contributed by atoms with Gasteiger partial charge in [0.1, 0.15) is 0 Å². The molecule has 0 bridgehead atoms. The summed E-state index contributed by atoms with van der Waals surface area (Å²) in [6.07, 6.45) is 0. The van der Waals surface area contributed by atoms with Gasteiger partial charge in [-0.2, -0.15) is 0 Å². The lowest BCUT2D eigenvalue weighted by Gasteiger charge is -2.13. The van der Waals surface area contributed by atoms with Crippen molar-refractivity contribution < 1.29 is 6.85 Å². The molecule has 5 heteroatoms. The van der Waals surface area contributed by atoms with Crippen LogP contribution in [0.1, 0.15) is 6.85 Å². The van der Waals surface area contributed by atoms with Gasteiger partial charge in [-0.25, -0.2) is 15.0 Å². The summed E-state index contributed by atoms with van der Waals surface area (Å²) in [5.74, 6) is 1.62. The molecule has 9 aromatic carbocycles.